The Bertz CT molecular complexity index is 1190. The predicted molar refractivity (Wildman–Crippen MR) is 106 cm³/mol. The van der Waals surface area contributed by atoms with E-state index in [1.807, 2.05) is 43.3 Å². The second-order valence-corrected chi connectivity index (χ2v) is 7.04. The number of nitrogens with one attached hydrogen (secondary N) is 1. The van der Waals surface area contributed by atoms with Crippen LogP contribution in [0, 0.1) is 6.92 Å². The van der Waals surface area contributed by atoms with E-state index in [2.05, 4.69) is 25.4 Å². The Morgan fingerprint density at radius 3 is 2.86 bits per heavy atom. The molecule has 29 heavy (non-hydrogen) atoms. The van der Waals surface area contributed by atoms with Gasteiger partial charge in [0.2, 0.25) is 0 Å². The van der Waals surface area contributed by atoms with Crippen molar-refractivity contribution in [3.05, 3.63) is 72.2 Å². The quantitative estimate of drug-likeness (QED) is 0.561. The van der Waals surface area contributed by atoms with Crippen molar-refractivity contribution < 1.29 is 9.32 Å². The van der Waals surface area contributed by atoms with Gasteiger partial charge in [0.15, 0.2) is 11.6 Å². The summed E-state index contributed by atoms with van der Waals surface area (Å²) in [6, 6.07) is 11.3. The fourth-order valence-corrected chi connectivity index (χ4v) is 3.08. The average molecular weight is 386 g/mol. The standard InChI is InChI=1S/C21H18N6O2/c1-13-5-2-3-7-16(13)24-20(28)17-11-27(12-23-17)19-15(6-4-10-22-19)21-25-18(26-29-21)14-8-9-14/h2-7,10-12,14H,8-9H2,1H3,(H,24,28). The van der Waals surface area contributed by atoms with Gasteiger partial charge in [-0.25, -0.2) is 9.97 Å². The SMILES string of the molecule is Cc1ccccc1NC(=O)c1cn(-c2ncccc2-c2nc(C3CC3)no2)cn1. The molecule has 1 aliphatic carbocycles. The summed E-state index contributed by atoms with van der Waals surface area (Å²) in [7, 11) is 0. The smallest absolute Gasteiger partial charge is 0.275 e. The normalized spacial score (nSPS) is 13.4. The topological polar surface area (TPSA) is 98.7 Å². The van der Waals surface area contributed by atoms with E-state index in [1.54, 1.807) is 23.3 Å². The highest BCUT2D eigenvalue weighted by Gasteiger charge is 2.29. The molecule has 3 heterocycles. The van der Waals surface area contributed by atoms with Crippen LogP contribution in [0.4, 0.5) is 5.69 Å². The fourth-order valence-electron chi connectivity index (χ4n) is 3.08. The van der Waals surface area contributed by atoms with Crippen molar-refractivity contribution in [2.45, 2.75) is 25.7 Å². The number of benzene rings is 1. The summed E-state index contributed by atoms with van der Waals surface area (Å²) in [5, 5.41) is 6.96. The van der Waals surface area contributed by atoms with Gasteiger partial charge in [0, 0.05) is 24.0 Å². The summed E-state index contributed by atoms with van der Waals surface area (Å²) >= 11 is 0. The number of hydrogen-bond acceptors (Lipinski definition) is 6. The van der Waals surface area contributed by atoms with E-state index in [1.165, 1.54) is 0 Å². The molecular formula is C21H18N6O2. The number of hydrogen-bond donors (Lipinski definition) is 1. The summed E-state index contributed by atoms with van der Waals surface area (Å²) in [4.78, 5) is 25.8. The van der Waals surface area contributed by atoms with Gasteiger partial charge in [-0.2, -0.15) is 4.98 Å². The maximum absolute atomic E-state index is 12.6. The highest BCUT2D eigenvalue weighted by molar-refractivity contribution is 6.03. The van der Waals surface area contributed by atoms with Gasteiger partial charge in [0.1, 0.15) is 12.0 Å². The summed E-state index contributed by atoms with van der Waals surface area (Å²) in [5.41, 5.74) is 2.71. The van der Waals surface area contributed by atoms with Gasteiger partial charge in [-0.15, -0.1) is 0 Å². The zero-order valence-corrected chi connectivity index (χ0v) is 15.7. The molecular weight excluding hydrogens is 368 g/mol. The molecule has 1 aliphatic rings. The number of nitrogens with zero attached hydrogens (tertiary/aromatic N) is 5. The minimum atomic E-state index is -0.288. The van der Waals surface area contributed by atoms with Gasteiger partial charge in [-0.05, 0) is 43.5 Å². The molecule has 144 valence electrons. The van der Waals surface area contributed by atoms with Crippen LogP contribution in [0.15, 0.2) is 59.6 Å². The Labute approximate surface area is 166 Å². The maximum Gasteiger partial charge on any atom is 0.275 e. The number of pyridine rings is 1. The van der Waals surface area contributed by atoms with Crippen LogP contribution in [-0.2, 0) is 0 Å². The third-order valence-corrected chi connectivity index (χ3v) is 4.85. The first kappa shape index (κ1) is 17.3. The van der Waals surface area contributed by atoms with Gasteiger partial charge in [-0.1, -0.05) is 23.4 Å². The van der Waals surface area contributed by atoms with Crippen LogP contribution in [0.2, 0.25) is 0 Å². The van der Waals surface area contributed by atoms with E-state index in [0.29, 0.717) is 23.2 Å². The minimum Gasteiger partial charge on any atom is -0.334 e. The monoisotopic (exact) mass is 386 g/mol. The molecule has 0 unspecified atom stereocenters. The Morgan fingerprint density at radius 1 is 1.17 bits per heavy atom. The number of carbonyl (C=O) groups excluding carboxylic acids is 1. The van der Waals surface area contributed by atoms with Gasteiger partial charge >= 0.3 is 0 Å². The lowest BCUT2D eigenvalue weighted by atomic mass is 10.2. The third-order valence-electron chi connectivity index (χ3n) is 4.85. The molecule has 1 N–H and O–H groups in total. The van der Waals surface area contributed by atoms with Gasteiger partial charge in [0.05, 0.1) is 5.56 Å². The number of imidazole rings is 1. The molecule has 1 aromatic carbocycles. The molecule has 1 amide bonds. The first-order valence-corrected chi connectivity index (χ1v) is 9.39. The van der Waals surface area contributed by atoms with E-state index in [9.17, 15) is 4.79 Å². The Balaban J connectivity index is 1.43. The molecule has 0 saturated heterocycles. The maximum atomic E-state index is 12.6. The van der Waals surface area contributed by atoms with Crippen molar-refractivity contribution in [1.82, 2.24) is 24.7 Å². The number of amides is 1. The molecule has 4 aromatic rings. The van der Waals surface area contributed by atoms with Gasteiger partial charge in [0.25, 0.3) is 11.8 Å². The van der Waals surface area contributed by atoms with Crippen molar-refractivity contribution in [1.29, 1.82) is 0 Å². The minimum absolute atomic E-state index is 0.286. The highest BCUT2D eigenvalue weighted by atomic mass is 16.5. The van der Waals surface area contributed by atoms with E-state index in [0.717, 1.165) is 29.9 Å². The van der Waals surface area contributed by atoms with Crippen molar-refractivity contribution in [3.8, 4) is 17.3 Å². The molecule has 0 bridgehead atoms. The van der Waals surface area contributed by atoms with Crippen LogP contribution in [0.5, 0.6) is 0 Å². The van der Waals surface area contributed by atoms with E-state index in [4.69, 9.17) is 4.52 Å². The molecule has 8 nitrogen and oxygen atoms in total. The summed E-state index contributed by atoms with van der Waals surface area (Å²) in [5.74, 6) is 1.83. The zero-order valence-electron chi connectivity index (χ0n) is 15.7. The number of anilines is 1. The Morgan fingerprint density at radius 2 is 2.03 bits per heavy atom. The van der Waals surface area contributed by atoms with Crippen LogP contribution in [0.25, 0.3) is 17.3 Å². The number of aromatic nitrogens is 5. The lowest BCUT2D eigenvalue weighted by Crippen LogP contribution is -2.13. The number of carbonyl (C=O) groups is 1. The van der Waals surface area contributed by atoms with Crippen LogP contribution >= 0.6 is 0 Å². The van der Waals surface area contributed by atoms with Crippen molar-refractivity contribution >= 4 is 11.6 Å². The van der Waals surface area contributed by atoms with E-state index in [-0.39, 0.29) is 11.6 Å². The molecule has 0 radical (unpaired) electrons. The first-order valence-electron chi connectivity index (χ1n) is 9.39. The Hall–Kier alpha value is -3.81. The van der Waals surface area contributed by atoms with Crippen LogP contribution in [-0.4, -0.2) is 30.6 Å². The molecule has 8 heteroatoms. The zero-order chi connectivity index (χ0) is 19.8. The molecule has 0 atom stereocenters. The van der Waals surface area contributed by atoms with Gasteiger partial charge < -0.3 is 9.84 Å². The van der Waals surface area contributed by atoms with Crippen LogP contribution < -0.4 is 5.32 Å². The average Bonchev–Trinajstić information content (AvgIpc) is 3.27. The van der Waals surface area contributed by atoms with E-state index < -0.39 is 0 Å². The van der Waals surface area contributed by atoms with Crippen LogP contribution in [0.3, 0.4) is 0 Å². The lowest BCUT2D eigenvalue weighted by molar-refractivity contribution is 0.102. The Kier molecular flexibility index (Phi) is 4.16. The first-order chi connectivity index (χ1) is 14.2. The molecule has 3 aromatic heterocycles. The third kappa shape index (κ3) is 3.40. The highest BCUT2D eigenvalue weighted by Crippen LogP contribution is 2.39. The summed E-state index contributed by atoms with van der Waals surface area (Å²) < 4.78 is 7.13. The second-order valence-electron chi connectivity index (χ2n) is 7.04. The number of rotatable bonds is 5. The lowest BCUT2D eigenvalue weighted by Gasteiger charge is -2.06. The number of para-hydroxylation sites is 1. The molecule has 0 spiro atoms. The molecule has 5 rings (SSSR count). The van der Waals surface area contributed by atoms with Crippen LogP contribution in [0.1, 0.15) is 40.6 Å². The summed E-state index contributed by atoms with van der Waals surface area (Å²) in [6.07, 6.45) is 7.05. The van der Waals surface area contributed by atoms with Crippen molar-refractivity contribution in [2.75, 3.05) is 5.32 Å². The van der Waals surface area contributed by atoms with E-state index >= 15 is 0 Å². The largest absolute Gasteiger partial charge is 0.334 e. The molecule has 1 fully saturated rings. The molecule has 0 aliphatic heterocycles. The van der Waals surface area contributed by atoms with Crippen molar-refractivity contribution in [2.24, 2.45) is 0 Å². The van der Waals surface area contributed by atoms with Crippen molar-refractivity contribution in [3.63, 3.8) is 0 Å². The number of aryl methyl sites for hydroxylation is 1. The summed E-state index contributed by atoms with van der Waals surface area (Å²) in [6.45, 7) is 1.94. The second kappa shape index (κ2) is 6.97. The predicted octanol–water partition coefficient (Wildman–Crippen LogP) is 3.76. The van der Waals surface area contributed by atoms with Gasteiger partial charge in [-0.3, -0.25) is 9.36 Å². The fraction of sp³-hybridized carbons (Fsp3) is 0.190. The molecule has 1 saturated carbocycles.